The first-order chi connectivity index (χ1) is 37.5. The van der Waals surface area contributed by atoms with E-state index in [9.17, 15) is 4.79 Å². The maximum absolute atomic E-state index is 14.9. The molecule has 11 nitrogen and oxygen atoms in total. The lowest BCUT2D eigenvalue weighted by Gasteiger charge is -2.46. The molecule has 0 radical (unpaired) electrons. The summed E-state index contributed by atoms with van der Waals surface area (Å²) in [5.41, 5.74) is 6.64. The Bertz CT molecular complexity index is 3290. The first kappa shape index (κ1) is 51.5. The Balaban J connectivity index is 1.11. The van der Waals surface area contributed by atoms with Gasteiger partial charge in [-0.1, -0.05) is 182 Å². The monoisotopic (exact) mass is 1020 g/mol. The predicted molar refractivity (Wildman–Crippen MR) is 291 cm³/mol. The fraction of sp³-hybridized carbons (Fsp3) is 0.215. The number of benzene rings is 8. The zero-order chi connectivity index (χ0) is 51.9. The lowest BCUT2D eigenvalue weighted by molar-refractivity contribution is -0.275. The summed E-state index contributed by atoms with van der Waals surface area (Å²) in [4.78, 5) is 14.9. The van der Waals surface area contributed by atoms with Gasteiger partial charge >= 0.3 is 0 Å². The third-order valence-corrected chi connectivity index (χ3v) is 13.3. The van der Waals surface area contributed by atoms with Gasteiger partial charge in [0.1, 0.15) is 66.4 Å². The van der Waals surface area contributed by atoms with E-state index >= 15 is 0 Å². The molecule has 0 unspecified atom stereocenters. The molecule has 2 heterocycles. The summed E-state index contributed by atoms with van der Waals surface area (Å²) in [7, 11) is 3.08. The van der Waals surface area contributed by atoms with Gasteiger partial charge in [0.05, 0.1) is 52.8 Å². The minimum atomic E-state index is -1.01. The van der Waals surface area contributed by atoms with E-state index in [0.29, 0.717) is 41.6 Å². The number of ether oxygens (including phenoxy) is 9. The van der Waals surface area contributed by atoms with Gasteiger partial charge in [0.15, 0.2) is 22.5 Å². The largest absolute Gasteiger partial charge is 0.496 e. The topological polar surface area (TPSA) is 113 Å². The van der Waals surface area contributed by atoms with E-state index < -0.39 is 30.5 Å². The molecular formula is C65H60O11. The average molecular weight is 1020 g/mol. The van der Waals surface area contributed by atoms with Crippen molar-refractivity contribution in [3.63, 3.8) is 0 Å². The Morgan fingerprint density at radius 3 is 1.37 bits per heavy atom. The van der Waals surface area contributed by atoms with Crippen LogP contribution in [-0.4, -0.2) is 45.2 Å². The first-order valence-corrected chi connectivity index (χ1v) is 25.5. The summed E-state index contributed by atoms with van der Waals surface area (Å²) in [5, 5.41) is 0.192. The summed E-state index contributed by atoms with van der Waals surface area (Å²) in [6, 6.07) is 68.3. The Morgan fingerprint density at radius 1 is 0.421 bits per heavy atom. The van der Waals surface area contributed by atoms with E-state index in [-0.39, 0.29) is 60.9 Å². The van der Waals surface area contributed by atoms with Crippen molar-refractivity contribution in [3.05, 3.63) is 261 Å². The van der Waals surface area contributed by atoms with Crippen LogP contribution in [0.5, 0.6) is 23.0 Å². The van der Waals surface area contributed by atoms with Crippen LogP contribution >= 0.6 is 0 Å². The van der Waals surface area contributed by atoms with E-state index in [0.717, 1.165) is 33.4 Å². The van der Waals surface area contributed by atoms with E-state index in [1.54, 1.807) is 13.2 Å². The van der Waals surface area contributed by atoms with Gasteiger partial charge in [0, 0.05) is 17.7 Å². The molecule has 5 atom stereocenters. The quantitative estimate of drug-likeness (QED) is 0.0610. The molecule has 1 saturated heterocycles. The first-order valence-electron chi connectivity index (χ1n) is 25.5. The Labute approximate surface area is 443 Å². The van der Waals surface area contributed by atoms with Gasteiger partial charge in [0.2, 0.25) is 0 Å². The molecule has 9 aromatic rings. The molecule has 386 valence electrons. The van der Waals surface area contributed by atoms with Gasteiger partial charge in [0.25, 0.3) is 0 Å². The predicted octanol–water partition coefficient (Wildman–Crippen LogP) is 13.0. The second-order valence-corrected chi connectivity index (χ2v) is 18.5. The lowest BCUT2D eigenvalue weighted by atomic mass is 9.88. The van der Waals surface area contributed by atoms with Crippen molar-refractivity contribution in [3.8, 4) is 34.3 Å². The molecule has 0 bridgehead atoms. The van der Waals surface area contributed by atoms with Crippen LogP contribution in [0.2, 0.25) is 0 Å². The smallest absolute Gasteiger partial charge is 0.197 e. The van der Waals surface area contributed by atoms with E-state index in [2.05, 4.69) is 0 Å². The summed E-state index contributed by atoms with van der Waals surface area (Å²) < 4.78 is 67.3. The number of fused-ring (bicyclic) bond motifs is 1. The molecule has 1 aliphatic heterocycles. The van der Waals surface area contributed by atoms with Crippen LogP contribution in [0.4, 0.5) is 0 Å². The number of hydrogen-bond donors (Lipinski definition) is 0. The van der Waals surface area contributed by atoms with Crippen LogP contribution in [0.3, 0.4) is 0 Å². The molecule has 1 aliphatic rings. The fourth-order valence-electron chi connectivity index (χ4n) is 9.42. The van der Waals surface area contributed by atoms with Crippen LogP contribution in [0.15, 0.2) is 222 Å². The number of rotatable bonds is 23. The molecule has 76 heavy (non-hydrogen) atoms. The zero-order valence-corrected chi connectivity index (χ0v) is 42.5. The molecule has 0 saturated carbocycles. The highest BCUT2D eigenvalue weighted by molar-refractivity contribution is 5.90. The van der Waals surface area contributed by atoms with Crippen LogP contribution in [-0.2, 0) is 63.3 Å². The lowest BCUT2D eigenvalue weighted by Crippen LogP contribution is -2.58. The van der Waals surface area contributed by atoms with Crippen molar-refractivity contribution in [1.82, 2.24) is 0 Å². The minimum Gasteiger partial charge on any atom is -0.496 e. The Hall–Kier alpha value is -8.03. The summed E-state index contributed by atoms with van der Waals surface area (Å²) in [6.45, 7) is 1.69. The summed E-state index contributed by atoms with van der Waals surface area (Å²) in [6.07, 6.45) is -4.17. The van der Waals surface area contributed by atoms with E-state index in [1.807, 2.05) is 200 Å². The van der Waals surface area contributed by atoms with Gasteiger partial charge in [-0.05, 0) is 51.6 Å². The molecule has 1 fully saturated rings. The van der Waals surface area contributed by atoms with Crippen molar-refractivity contribution in [2.45, 2.75) is 70.2 Å². The molecule has 11 heteroatoms. The van der Waals surface area contributed by atoms with Gasteiger partial charge in [-0.15, -0.1) is 0 Å². The molecule has 0 N–H and O–H groups in total. The Kier molecular flexibility index (Phi) is 17.2. The van der Waals surface area contributed by atoms with Gasteiger partial charge in [-0.25, -0.2) is 0 Å². The van der Waals surface area contributed by atoms with Crippen LogP contribution in [0.25, 0.3) is 22.3 Å². The highest BCUT2D eigenvalue weighted by atomic mass is 16.6. The Morgan fingerprint density at radius 2 is 0.868 bits per heavy atom. The highest BCUT2D eigenvalue weighted by Crippen LogP contribution is 2.47. The molecule has 1 aromatic heterocycles. The maximum Gasteiger partial charge on any atom is 0.197 e. The summed E-state index contributed by atoms with van der Waals surface area (Å²) in [5.74, 6) is 1.85. The minimum absolute atomic E-state index is 0.109. The van der Waals surface area contributed by atoms with Gasteiger partial charge in [-0.2, -0.15) is 0 Å². The molecule has 8 aromatic carbocycles. The number of methoxy groups -OCH3 is 2. The maximum atomic E-state index is 14.9. The standard InChI is InChI=1S/C65H60O11/c1-67-56-37-57(68-2)60(62-59(56)52(66)36-54(75-62)51-33-34-53(70-39-46-23-11-4-12-24-46)55(35-51)71-40-47-25-13-5-14-26-47)63-65(74-43-50-31-19-8-20-32-50)64(73-42-49-29-17-7-18-30-49)61(72-41-48-27-15-6-16-28-48)58(76-63)44-69-38-45-21-9-3-10-22-45/h3-37,58,61,63-65H,38-44H2,1-2H3/t58-,61-,63+,64+,65+/m1/s1. The van der Waals surface area contributed by atoms with Crippen LogP contribution in [0.1, 0.15) is 45.0 Å². The highest BCUT2D eigenvalue weighted by Gasteiger charge is 2.51. The van der Waals surface area contributed by atoms with Crippen molar-refractivity contribution in [2.24, 2.45) is 0 Å². The molecular weight excluding hydrogens is 957 g/mol. The number of hydrogen-bond acceptors (Lipinski definition) is 11. The van der Waals surface area contributed by atoms with Crippen LogP contribution < -0.4 is 24.4 Å². The van der Waals surface area contributed by atoms with Crippen molar-refractivity contribution >= 4 is 11.0 Å². The fourth-order valence-corrected chi connectivity index (χ4v) is 9.42. The third-order valence-electron chi connectivity index (χ3n) is 13.3. The average Bonchev–Trinajstić information content (AvgIpc) is 3.63. The SMILES string of the molecule is COc1cc(OC)c2c(=O)cc(-c3ccc(OCc4ccccc4)c(OCc4ccccc4)c3)oc2c1[C@@H]1O[C@H](COCc2ccccc2)[C@@H](OCc2ccccc2)[C@H](OCc2ccccc2)[C@H]1OCc1ccccc1. The van der Waals surface area contributed by atoms with E-state index in [1.165, 1.54) is 13.2 Å². The second kappa shape index (κ2) is 25.5. The van der Waals surface area contributed by atoms with E-state index in [4.69, 9.17) is 47.0 Å². The van der Waals surface area contributed by atoms with Crippen LogP contribution in [0, 0.1) is 0 Å². The zero-order valence-electron chi connectivity index (χ0n) is 42.5. The van der Waals surface area contributed by atoms with Crippen molar-refractivity contribution < 1.29 is 47.0 Å². The van der Waals surface area contributed by atoms with Gasteiger partial charge in [-0.3, -0.25) is 4.79 Å². The molecule has 0 amide bonds. The normalized spacial score (nSPS) is 17.3. The summed E-state index contributed by atoms with van der Waals surface area (Å²) >= 11 is 0. The third kappa shape index (κ3) is 12.7. The van der Waals surface area contributed by atoms with Gasteiger partial charge < -0.3 is 47.0 Å². The van der Waals surface area contributed by atoms with Crippen molar-refractivity contribution in [1.29, 1.82) is 0 Å². The van der Waals surface area contributed by atoms with Crippen molar-refractivity contribution in [2.75, 3.05) is 20.8 Å². The second-order valence-electron chi connectivity index (χ2n) is 18.5. The molecule has 10 rings (SSSR count). The molecule has 0 aliphatic carbocycles. The molecule has 0 spiro atoms.